The van der Waals surface area contributed by atoms with Gasteiger partial charge in [-0.2, -0.15) is 4.31 Å². The molecule has 0 radical (unpaired) electrons. The molecule has 0 bridgehead atoms. The maximum absolute atomic E-state index is 16.3. The fraction of sp³-hybridized carbons (Fsp3) is 0.265. The summed E-state index contributed by atoms with van der Waals surface area (Å²) < 4.78 is 87.5. The second-order valence-corrected chi connectivity index (χ2v) is 21.3. The van der Waals surface area contributed by atoms with Crippen LogP contribution in [-0.2, 0) is 44.2 Å². The van der Waals surface area contributed by atoms with Gasteiger partial charge in [0.15, 0.2) is 15.7 Å². The number of anilines is 1. The van der Waals surface area contributed by atoms with Gasteiger partial charge in [-0.25, -0.2) is 31.3 Å². The number of sulfone groups is 1. The number of nitrogens with two attached hydrogens (primary N) is 1. The number of carbonyl (C=O) groups is 1. The normalized spacial score (nSPS) is 13.2. The summed E-state index contributed by atoms with van der Waals surface area (Å²) in [6.07, 6.45) is 2.40. The van der Waals surface area contributed by atoms with Gasteiger partial charge in [0.1, 0.15) is 38.8 Å². The minimum absolute atomic E-state index is 0.0466. The van der Waals surface area contributed by atoms with E-state index in [1.807, 2.05) is 12.1 Å². The number of hydrogen-bond acceptors (Lipinski definition) is 15. The number of sulfonamides is 1. The Morgan fingerprint density at radius 3 is 1.87 bits per heavy atom. The second-order valence-electron chi connectivity index (χ2n) is 17.2. The lowest BCUT2D eigenvalue weighted by molar-refractivity contribution is 0.0139. The fourth-order valence-corrected chi connectivity index (χ4v) is 11.9. The summed E-state index contributed by atoms with van der Waals surface area (Å²) in [5.41, 5.74) is 8.92. The molecule has 4 heterocycles. The Balaban J connectivity index is 1.39. The molecule has 20 heteroatoms. The zero-order valence-electron chi connectivity index (χ0n) is 38.8. The molecule has 18 nitrogen and oxygen atoms in total. The highest BCUT2D eigenvalue weighted by Crippen LogP contribution is 2.44. The molecule has 1 amide bonds. The van der Waals surface area contributed by atoms with E-state index < -0.39 is 46.6 Å². The summed E-state index contributed by atoms with van der Waals surface area (Å²) in [4.78, 5) is 22.1. The molecule has 69 heavy (non-hydrogen) atoms. The van der Waals surface area contributed by atoms with Gasteiger partial charge in [0.05, 0.1) is 44.0 Å². The van der Waals surface area contributed by atoms with Crippen molar-refractivity contribution < 1.29 is 40.6 Å². The molecule has 1 fully saturated rings. The van der Waals surface area contributed by atoms with Crippen molar-refractivity contribution in [1.82, 2.24) is 39.4 Å². The molecule has 1 aliphatic rings. The van der Waals surface area contributed by atoms with E-state index in [0.717, 1.165) is 5.56 Å². The number of amides is 1. The van der Waals surface area contributed by atoms with Gasteiger partial charge in [-0.15, -0.1) is 5.10 Å². The van der Waals surface area contributed by atoms with Crippen molar-refractivity contribution >= 4 is 31.8 Å². The minimum Gasteiger partial charge on any atom is -0.497 e. The van der Waals surface area contributed by atoms with Gasteiger partial charge in [0.25, 0.3) is 0 Å². The number of nitrogen functional groups attached to an aromatic ring is 1. The molecule has 0 saturated carbocycles. The first kappa shape index (κ1) is 48.1. The maximum atomic E-state index is 16.3. The van der Waals surface area contributed by atoms with Crippen LogP contribution in [0.2, 0.25) is 0 Å². The molecule has 358 valence electrons. The Morgan fingerprint density at radius 2 is 1.32 bits per heavy atom. The Kier molecular flexibility index (Phi) is 13.7. The predicted molar refractivity (Wildman–Crippen MR) is 257 cm³/mol. The van der Waals surface area contributed by atoms with Gasteiger partial charge in [-0.3, -0.25) is 4.98 Å². The number of rotatable bonds is 16. The highest BCUT2D eigenvalue weighted by Gasteiger charge is 2.46. The van der Waals surface area contributed by atoms with Crippen molar-refractivity contribution in [2.75, 3.05) is 40.2 Å². The Labute approximate surface area is 400 Å². The third-order valence-corrected chi connectivity index (χ3v) is 15.6. The molecule has 3 aromatic heterocycles. The van der Waals surface area contributed by atoms with Gasteiger partial charge in [0, 0.05) is 44.1 Å². The highest BCUT2D eigenvalue weighted by atomic mass is 32.2. The van der Waals surface area contributed by atoms with E-state index in [4.69, 9.17) is 24.7 Å². The first-order chi connectivity index (χ1) is 33.0. The van der Waals surface area contributed by atoms with Gasteiger partial charge in [-0.05, 0) is 126 Å². The quantitative estimate of drug-likeness (QED) is 0.104. The van der Waals surface area contributed by atoms with Crippen LogP contribution >= 0.6 is 0 Å². The Morgan fingerprint density at radius 1 is 0.739 bits per heavy atom. The van der Waals surface area contributed by atoms with Crippen LogP contribution in [0.25, 0.3) is 33.8 Å². The van der Waals surface area contributed by atoms with Gasteiger partial charge >= 0.3 is 6.09 Å². The molecule has 4 aromatic carbocycles. The number of methoxy groups -OCH3 is 3. The second kappa shape index (κ2) is 19.7. The number of ether oxygens (including phenoxy) is 4. The molecule has 0 unspecified atom stereocenters. The van der Waals surface area contributed by atoms with E-state index >= 15 is 16.8 Å². The van der Waals surface area contributed by atoms with Crippen LogP contribution in [0.15, 0.2) is 131 Å². The summed E-state index contributed by atoms with van der Waals surface area (Å²) in [5.74, 6) is 1.89. The van der Waals surface area contributed by atoms with Crippen LogP contribution in [0.1, 0.15) is 37.5 Å². The summed E-state index contributed by atoms with van der Waals surface area (Å²) in [5, 5.41) is 11.7. The summed E-state index contributed by atoms with van der Waals surface area (Å²) >= 11 is 0. The Bertz CT molecular complexity index is 3140. The number of likely N-dealkylation sites (tertiary alicyclic amines) is 1. The standard InChI is InChI=1S/C49H51N9O9S2/c1-49(2,3)67-48(59)56-30-39(31-56)68(60,61)43-22-21-40(35-23-25-51-42(26-35)41-8-7-24-52-46(41)50)44(47-53-54-55-58(47)29-34-13-19-38(66-6)20-14-34)45(43)69(62,63)57(27-32-9-15-36(64-4)16-10-32)28-33-11-17-37(65-5)18-12-33/h7-26,39H,27-31H2,1-6H3,(H2,50,52). The van der Waals surface area contributed by atoms with Gasteiger partial charge in [0.2, 0.25) is 10.0 Å². The van der Waals surface area contributed by atoms with Crippen molar-refractivity contribution in [2.24, 2.45) is 0 Å². The highest BCUT2D eigenvalue weighted by molar-refractivity contribution is 7.94. The molecule has 0 aliphatic carbocycles. The third-order valence-electron chi connectivity index (χ3n) is 11.4. The molecule has 0 spiro atoms. The van der Waals surface area contributed by atoms with Crippen LogP contribution in [0, 0.1) is 0 Å². The van der Waals surface area contributed by atoms with Gasteiger partial charge < -0.3 is 29.6 Å². The molecular formula is C49H51N9O9S2. The molecule has 7 aromatic rings. The van der Waals surface area contributed by atoms with Crippen LogP contribution in [0.5, 0.6) is 17.2 Å². The lowest BCUT2D eigenvalue weighted by Crippen LogP contribution is -2.57. The van der Waals surface area contributed by atoms with E-state index in [0.29, 0.717) is 45.2 Å². The first-order valence-corrected chi connectivity index (χ1v) is 24.7. The van der Waals surface area contributed by atoms with E-state index in [-0.39, 0.29) is 55.5 Å². The van der Waals surface area contributed by atoms with E-state index in [2.05, 4.69) is 25.5 Å². The molecule has 1 saturated heterocycles. The number of tetrazole rings is 1. The fourth-order valence-electron chi connectivity index (χ4n) is 7.79. The van der Waals surface area contributed by atoms with Gasteiger partial charge in [-0.1, -0.05) is 42.5 Å². The third kappa shape index (κ3) is 10.4. The van der Waals surface area contributed by atoms with Crippen molar-refractivity contribution in [2.45, 2.75) is 61.0 Å². The summed E-state index contributed by atoms with van der Waals surface area (Å²) in [6, 6.07) is 30.7. The van der Waals surface area contributed by atoms with Crippen LogP contribution in [-0.4, -0.2) is 108 Å². The topological polar surface area (TPSA) is 224 Å². The lowest BCUT2D eigenvalue weighted by Gasteiger charge is -2.39. The van der Waals surface area contributed by atoms with Crippen molar-refractivity contribution in [1.29, 1.82) is 0 Å². The molecular weight excluding hydrogens is 923 g/mol. The molecule has 2 N–H and O–H groups in total. The number of benzene rings is 4. The minimum atomic E-state index is -4.95. The number of hydrogen-bond donors (Lipinski definition) is 1. The molecule has 0 atom stereocenters. The zero-order valence-corrected chi connectivity index (χ0v) is 40.4. The van der Waals surface area contributed by atoms with Crippen LogP contribution < -0.4 is 19.9 Å². The van der Waals surface area contributed by atoms with E-state index in [1.54, 1.807) is 131 Å². The summed E-state index contributed by atoms with van der Waals surface area (Å²) in [7, 11) is -4.93. The first-order valence-electron chi connectivity index (χ1n) is 21.7. The number of nitrogens with zero attached hydrogens (tertiary/aromatic N) is 8. The SMILES string of the molecule is COc1ccc(CN(Cc2ccc(OC)cc2)S(=O)(=O)c2c(S(=O)(=O)C3CN(C(=O)OC(C)(C)C)C3)ccc(-c3ccnc(-c4cccnc4N)c3)c2-c2nnnn2Cc2ccc(OC)cc2)cc1. The van der Waals surface area contributed by atoms with Crippen LogP contribution in [0.3, 0.4) is 0 Å². The van der Waals surface area contributed by atoms with Crippen molar-refractivity contribution in [3.8, 4) is 51.0 Å². The van der Waals surface area contributed by atoms with Crippen molar-refractivity contribution in [3.05, 3.63) is 138 Å². The summed E-state index contributed by atoms with van der Waals surface area (Å²) in [6.45, 7) is 4.29. The zero-order chi connectivity index (χ0) is 49.1. The number of pyridine rings is 2. The molecule has 1 aliphatic heterocycles. The monoisotopic (exact) mass is 973 g/mol. The Hall–Kier alpha value is -7.42. The maximum Gasteiger partial charge on any atom is 0.410 e. The predicted octanol–water partition coefficient (Wildman–Crippen LogP) is 6.90. The smallest absolute Gasteiger partial charge is 0.410 e. The lowest BCUT2D eigenvalue weighted by atomic mass is 9.98. The number of aromatic nitrogens is 6. The van der Waals surface area contributed by atoms with E-state index in [1.165, 1.54) is 34.2 Å². The van der Waals surface area contributed by atoms with E-state index in [9.17, 15) is 4.79 Å². The average molecular weight is 974 g/mol. The molecule has 8 rings (SSSR count). The van der Waals surface area contributed by atoms with Crippen molar-refractivity contribution in [3.63, 3.8) is 0 Å². The van der Waals surface area contributed by atoms with Crippen LogP contribution in [0.4, 0.5) is 10.6 Å². The average Bonchev–Trinajstić information content (AvgIpc) is 3.78. The largest absolute Gasteiger partial charge is 0.497 e. The number of carbonyl (C=O) groups excluding carboxylic acids is 1.